The number of aromatic nitrogens is 5. The highest BCUT2D eigenvalue weighted by Crippen LogP contribution is 2.38. The quantitative estimate of drug-likeness (QED) is 0.358. The highest BCUT2D eigenvalue weighted by molar-refractivity contribution is 7.99. The molecule has 0 spiro atoms. The normalized spacial score (nSPS) is 13.7. The summed E-state index contributed by atoms with van der Waals surface area (Å²) in [5.41, 5.74) is 4.51. The maximum atomic E-state index is 14.8. The van der Waals surface area contributed by atoms with Gasteiger partial charge in [-0.25, -0.2) is 9.37 Å². The van der Waals surface area contributed by atoms with Crippen molar-refractivity contribution in [3.63, 3.8) is 0 Å². The molecule has 0 aliphatic heterocycles. The first-order valence-electron chi connectivity index (χ1n) is 11.2. The molecular formula is C25H23FN6OS. The van der Waals surface area contributed by atoms with Gasteiger partial charge in [0.2, 0.25) is 0 Å². The number of amides is 1. The van der Waals surface area contributed by atoms with E-state index in [0.717, 1.165) is 50.3 Å². The lowest BCUT2D eigenvalue weighted by atomic mass is 10.1. The van der Waals surface area contributed by atoms with Crippen molar-refractivity contribution in [2.75, 3.05) is 0 Å². The molecule has 0 saturated heterocycles. The fraction of sp³-hybridized carbons (Fsp3) is 0.240. The van der Waals surface area contributed by atoms with Crippen molar-refractivity contribution in [1.29, 1.82) is 0 Å². The number of benzene rings is 2. The molecule has 0 bridgehead atoms. The Morgan fingerprint density at radius 2 is 2.12 bits per heavy atom. The summed E-state index contributed by atoms with van der Waals surface area (Å²) in [6, 6.07) is 11.5. The second kappa shape index (κ2) is 8.02. The standard InChI is InChI=1S/C25H23FN6OS/c1-14-23(34-17-5-7-20-15(9-17)11-29-30-20)10-22(31(14)2)25(33)27-12-18-19(26)6-8-21-24(18)32(13-28-21)16-3-4-16/h5-11,13,16H,3-4,12H2,1-2H3,(H,27,33)(H,29,30). The lowest BCUT2D eigenvalue weighted by Gasteiger charge is -2.11. The molecule has 0 atom stereocenters. The number of hydrogen-bond acceptors (Lipinski definition) is 4. The van der Waals surface area contributed by atoms with Crippen LogP contribution in [0.25, 0.3) is 21.9 Å². The number of rotatable bonds is 6. The third kappa shape index (κ3) is 3.56. The first-order valence-corrected chi connectivity index (χ1v) is 12.0. The molecule has 2 N–H and O–H groups in total. The summed E-state index contributed by atoms with van der Waals surface area (Å²) in [4.78, 5) is 19.6. The third-order valence-electron chi connectivity index (χ3n) is 6.51. The van der Waals surface area contributed by atoms with Gasteiger partial charge in [-0.3, -0.25) is 9.89 Å². The first kappa shape index (κ1) is 21.0. The summed E-state index contributed by atoms with van der Waals surface area (Å²) in [6.07, 6.45) is 5.72. The van der Waals surface area contributed by atoms with Crippen LogP contribution >= 0.6 is 11.8 Å². The Morgan fingerprint density at radius 3 is 2.94 bits per heavy atom. The number of fused-ring (bicyclic) bond motifs is 2. The van der Waals surface area contributed by atoms with Gasteiger partial charge in [0.1, 0.15) is 11.5 Å². The van der Waals surface area contributed by atoms with Crippen LogP contribution in [0, 0.1) is 12.7 Å². The van der Waals surface area contributed by atoms with E-state index in [1.54, 1.807) is 30.4 Å². The van der Waals surface area contributed by atoms with Gasteiger partial charge in [-0.1, -0.05) is 11.8 Å². The molecule has 9 heteroatoms. The number of nitrogens with one attached hydrogen (secondary N) is 2. The summed E-state index contributed by atoms with van der Waals surface area (Å²) in [6.45, 7) is 2.09. The Bertz CT molecular complexity index is 1560. The van der Waals surface area contributed by atoms with Crippen molar-refractivity contribution < 1.29 is 9.18 Å². The summed E-state index contributed by atoms with van der Waals surface area (Å²) >= 11 is 1.60. The maximum absolute atomic E-state index is 14.8. The van der Waals surface area contributed by atoms with Crippen LogP contribution in [0.1, 0.15) is 40.6 Å². The molecule has 6 rings (SSSR count). The number of aromatic amines is 1. The monoisotopic (exact) mass is 474 g/mol. The van der Waals surface area contributed by atoms with E-state index in [1.165, 1.54) is 6.07 Å². The van der Waals surface area contributed by atoms with Gasteiger partial charge in [0.25, 0.3) is 5.91 Å². The SMILES string of the molecule is Cc1c(Sc2ccc3[nH]ncc3c2)cc(C(=O)NCc2c(F)ccc3ncn(C4CC4)c23)n1C. The van der Waals surface area contributed by atoms with Crippen LogP contribution in [0.15, 0.2) is 58.7 Å². The smallest absolute Gasteiger partial charge is 0.268 e. The van der Waals surface area contributed by atoms with Crippen molar-refractivity contribution in [3.05, 3.63) is 71.7 Å². The Kier molecular flexibility index (Phi) is 4.95. The zero-order valence-corrected chi connectivity index (χ0v) is 19.6. The van der Waals surface area contributed by atoms with Gasteiger partial charge in [-0.2, -0.15) is 5.10 Å². The number of hydrogen-bond donors (Lipinski definition) is 2. The average Bonchev–Trinajstić information content (AvgIpc) is 3.30. The molecule has 3 aromatic heterocycles. The second-order valence-corrected chi connectivity index (χ2v) is 9.83. The summed E-state index contributed by atoms with van der Waals surface area (Å²) < 4.78 is 18.7. The Labute approximate surface area is 199 Å². The predicted molar refractivity (Wildman–Crippen MR) is 129 cm³/mol. The molecule has 0 unspecified atom stereocenters. The van der Waals surface area contributed by atoms with Crippen molar-refractivity contribution >= 4 is 39.6 Å². The fourth-order valence-electron chi connectivity index (χ4n) is 4.33. The molecule has 1 amide bonds. The summed E-state index contributed by atoms with van der Waals surface area (Å²) in [5.74, 6) is -0.569. The zero-order chi connectivity index (χ0) is 23.4. The number of halogens is 1. The van der Waals surface area contributed by atoms with E-state index in [9.17, 15) is 9.18 Å². The van der Waals surface area contributed by atoms with E-state index in [1.807, 2.05) is 41.3 Å². The maximum Gasteiger partial charge on any atom is 0.268 e. The van der Waals surface area contributed by atoms with Gasteiger partial charge in [-0.05, 0) is 56.2 Å². The molecule has 1 aliphatic rings. The number of imidazole rings is 1. The van der Waals surface area contributed by atoms with Gasteiger partial charge < -0.3 is 14.5 Å². The average molecular weight is 475 g/mol. The van der Waals surface area contributed by atoms with E-state index in [-0.39, 0.29) is 18.3 Å². The third-order valence-corrected chi connectivity index (χ3v) is 7.63. The van der Waals surface area contributed by atoms with Crippen LogP contribution in [0.5, 0.6) is 0 Å². The Balaban J connectivity index is 1.24. The minimum Gasteiger partial charge on any atom is -0.346 e. The van der Waals surface area contributed by atoms with Crippen molar-refractivity contribution in [2.45, 2.75) is 42.1 Å². The topological polar surface area (TPSA) is 80.5 Å². The van der Waals surface area contributed by atoms with E-state index in [0.29, 0.717) is 17.3 Å². The van der Waals surface area contributed by atoms with Crippen LogP contribution in [-0.4, -0.2) is 30.2 Å². The molecule has 34 heavy (non-hydrogen) atoms. The lowest BCUT2D eigenvalue weighted by Crippen LogP contribution is -2.25. The molecule has 2 aromatic carbocycles. The highest BCUT2D eigenvalue weighted by atomic mass is 32.2. The van der Waals surface area contributed by atoms with Crippen molar-refractivity contribution in [3.8, 4) is 0 Å². The van der Waals surface area contributed by atoms with Crippen LogP contribution in [-0.2, 0) is 13.6 Å². The lowest BCUT2D eigenvalue weighted by molar-refractivity contribution is 0.0942. The van der Waals surface area contributed by atoms with Crippen LogP contribution in [0.3, 0.4) is 0 Å². The first-order chi connectivity index (χ1) is 16.5. The molecule has 0 radical (unpaired) electrons. The van der Waals surface area contributed by atoms with Crippen molar-refractivity contribution in [1.82, 2.24) is 29.6 Å². The molecule has 1 aliphatic carbocycles. The molecular weight excluding hydrogens is 451 g/mol. The molecule has 172 valence electrons. The van der Waals surface area contributed by atoms with Gasteiger partial charge in [0, 0.05) is 46.1 Å². The second-order valence-electron chi connectivity index (χ2n) is 8.72. The largest absolute Gasteiger partial charge is 0.346 e. The van der Waals surface area contributed by atoms with E-state index < -0.39 is 0 Å². The Morgan fingerprint density at radius 1 is 1.26 bits per heavy atom. The van der Waals surface area contributed by atoms with E-state index in [4.69, 9.17) is 0 Å². The van der Waals surface area contributed by atoms with Crippen molar-refractivity contribution in [2.24, 2.45) is 7.05 Å². The van der Waals surface area contributed by atoms with Gasteiger partial charge in [0.15, 0.2) is 0 Å². The highest BCUT2D eigenvalue weighted by Gasteiger charge is 2.27. The number of carbonyl (C=O) groups excluding carboxylic acids is 1. The molecule has 5 aromatic rings. The van der Waals surface area contributed by atoms with Gasteiger partial charge in [-0.15, -0.1) is 0 Å². The number of H-pyrrole nitrogens is 1. The van der Waals surface area contributed by atoms with Crippen LogP contribution < -0.4 is 5.32 Å². The summed E-state index contributed by atoms with van der Waals surface area (Å²) in [7, 11) is 1.87. The Hall–Kier alpha value is -3.59. The van der Waals surface area contributed by atoms with E-state index >= 15 is 0 Å². The number of carbonyl (C=O) groups is 1. The summed E-state index contributed by atoms with van der Waals surface area (Å²) in [5, 5.41) is 11.0. The molecule has 7 nitrogen and oxygen atoms in total. The van der Waals surface area contributed by atoms with Crippen LogP contribution in [0.2, 0.25) is 0 Å². The fourth-order valence-corrected chi connectivity index (χ4v) is 5.37. The van der Waals surface area contributed by atoms with Crippen LogP contribution in [0.4, 0.5) is 4.39 Å². The van der Waals surface area contributed by atoms with E-state index in [2.05, 4.69) is 26.6 Å². The minimum absolute atomic E-state index is 0.101. The minimum atomic E-state index is -0.329. The predicted octanol–water partition coefficient (Wildman–Crippen LogP) is 5.11. The van der Waals surface area contributed by atoms with Gasteiger partial charge >= 0.3 is 0 Å². The molecule has 3 heterocycles. The zero-order valence-electron chi connectivity index (χ0n) is 18.8. The molecule has 1 saturated carbocycles. The van der Waals surface area contributed by atoms with Gasteiger partial charge in [0.05, 0.1) is 29.1 Å². The molecule has 1 fully saturated rings. The number of nitrogens with zero attached hydrogens (tertiary/aromatic N) is 4.